The van der Waals surface area contributed by atoms with Gasteiger partial charge >= 0.3 is 5.97 Å². The normalized spacial score (nSPS) is 31.3. The van der Waals surface area contributed by atoms with Gasteiger partial charge in [0, 0.05) is 0 Å². The molecule has 2 aromatic rings. The van der Waals surface area contributed by atoms with Gasteiger partial charge in [-0.2, -0.15) is 0 Å². The Morgan fingerprint density at radius 2 is 1.89 bits per heavy atom. The molecule has 2 unspecified atom stereocenters. The number of esters is 1. The molecule has 36 heavy (non-hydrogen) atoms. The van der Waals surface area contributed by atoms with Crippen LogP contribution in [0.4, 0.5) is 5.69 Å². The predicted molar refractivity (Wildman–Crippen MR) is 132 cm³/mol. The van der Waals surface area contributed by atoms with Crippen molar-refractivity contribution in [3.8, 4) is 0 Å². The number of para-hydroxylation sites is 1. The summed E-state index contributed by atoms with van der Waals surface area (Å²) in [6.45, 7) is 3.28. The average Bonchev–Trinajstić information content (AvgIpc) is 3.43. The van der Waals surface area contributed by atoms with Gasteiger partial charge in [-0.05, 0) is 44.4 Å². The van der Waals surface area contributed by atoms with Crippen molar-refractivity contribution < 1.29 is 29.0 Å². The van der Waals surface area contributed by atoms with Gasteiger partial charge in [0.2, 0.25) is 11.8 Å². The molecule has 2 aromatic carbocycles. The zero-order valence-corrected chi connectivity index (χ0v) is 20.9. The second-order valence-corrected chi connectivity index (χ2v) is 10.2. The summed E-state index contributed by atoms with van der Waals surface area (Å²) in [6.07, 6.45) is 0.916. The van der Waals surface area contributed by atoms with Crippen LogP contribution in [-0.4, -0.2) is 58.2 Å². The molecule has 3 fully saturated rings. The number of aliphatic hydroxyl groups excluding tert-OH is 1. The van der Waals surface area contributed by atoms with Gasteiger partial charge < -0.3 is 24.8 Å². The Morgan fingerprint density at radius 3 is 2.56 bits per heavy atom. The van der Waals surface area contributed by atoms with Crippen molar-refractivity contribution in [2.75, 3.05) is 18.5 Å². The number of halogens is 1. The smallest absolute Gasteiger partial charge is 0.312 e. The van der Waals surface area contributed by atoms with Crippen molar-refractivity contribution in [1.82, 2.24) is 4.90 Å². The Hall–Kier alpha value is -2.94. The fourth-order valence-corrected chi connectivity index (χ4v) is 6.56. The van der Waals surface area contributed by atoms with Crippen LogP contribution in [-0.2, 0) is 23.9 Å². The summed E-state index contributed by atoms with van der Waals surface area (Å²) in [7, 11) is 0. The summed E-state index contributed by atoms with van der Waals surface area (Å²) >= 11 is 6.31. The second kappa shape index (κ2) is 9.18. The van der Waals surface area contributed by atoms with Crippen LogP contribution in [0, 0.1) is 11.8 Å². The van der Waals surface area contributed by atoms with E-state index < -0.39 is 59.5 Å². The van der Waals surface area contributed by atoms with Gasteiger partial charge in [0.15, 0.2) is 0 Å². The molecule has 2 amide bonds. The number of amides is 2. The lowest BCUT2D eigenvalue weighted by molar-refractivity contribution is -0.160. The van der Waals surface area contributed by atoms with Crippen LogP contribution in [0.2, 0.25) is 5.02 Å². The number of rotatable bonds is 7. The number of fused-ring (bicyclic) bond motifs is 1. The number of hydrogen-bond donors (Lipinski definition) is 2. The molecule has 0 aliphatic carbocycles. The second-order valence-electron chi connectivity index (χ2n) is 9.80. The topological polar surface area (TPSA) is 105 Å². The lowest BCUT2D eigenvalue weighted by Gasteiger charge is -2.37. The molecule has 1 spiro atoms. The summed E-state index contributed by atoms with van der Waals surface area (Å²) < 4.78 is 11.9. The maximum Gasteiger partial charge on any atom is 0.312 e. The number of likely N-dealkylation sites (tertiary alicyclic amines) is 1. The van der Waals surface area contributed by atoms with Crippen molar-refractivity contribution in [3.63, 3.8) is 0 Å². The molecule has 3 heterocycles. The predicted octanol–water partition coefficient (Wildman–Crippen LogP) is 3.34. The zero-order valence-electron chi connectivity index (χ0n) is 20.1. The van der Waals surface area contributed by atoms with E-state index >= 15 is 0 Å². The Morgan fingerprint density at radius 1 is 1.19 bits per heavy atom. The Bertz CT molecular complexity index is 1190. The third kappa shape index (κ3) is 3.62. The van der Waals surface area contributed by atoms with Gasteiger partial charge in [-0.25, -0.2) is 0 Å². The van der Waals surface area contributed by atoms with Gasteiger partial charge in [-0.1, -0.05) is 54.1 Å². The largest absolute Gasteiger partial charge is 0.466 e. The van der Waals surface area contributed by atoms with Crippen LogP contribution in [0.25, 0.3) is 0 Å². The third-order valence-electron chi connectivity index (χ3n) is 7.83. The molecule has 8 nitrogen and oxygen atoms in total. The van der Waals surface area contributed by atoms with Crippen molar-refractivity contribution >= 4 is 35.1 Å². The summed E-state index contributed by atoms with van der Waals surface area (Å²) in [4.78, 5) is 42.6. The first kappa shape index (κ1) is 24.7. The van der Waals surface area contributed by atoms with Gasteiger partial charge in [0.05, 0.1) is 41.5 Å². The molecule has 0 radical (unpaired) electrons. The zero-order chi connectivity index (χ0) is 25.7. The number of ether oxygens (including phenoxy) is 2. The molecule has 3 saturated heterocycles. The van der Waals surface area contributed by atoms with Crippen LogP contribution in [0.1, 0.15) is 38.3 Å². The maximum absolute atomic E-state index is 14.2. The van der Waals surface area contributed by atoms with Crippen LogP contribution in [0.15, 0.2) is 54.6 Å². The van der Waals surface area contributed by atoms with Gasteiger partial charge in [0.25, 0.3) is 0 Å². The van der Waals surface area contributed by atoms with E-state index in [1.54, 1.807) is 55.5 Å². The minimum atomic E-state index is -1.24. The number of nitrogens with one attached hydrogen (secondary N) is 1. The number of carbonyl (C=O) groups is 3. The highest BCUT2D eigenvalue weighted by Crippen LogP contribution is 2.64. The van der Waals surface area contributed by atoms with Gasteiger partial charge in [-0.15, -0.1) is 0 Å². The molecule has 2 bridgehead atoms. The Labute approximate surface area is 214 Å². The van der Waals surface area contributed by atoms with E-state index in [4.69, 9.17) is 21.1 Å². The molecule has 0 aromatic heterocycles. The summed E-state index contributed by atoms with van der Waals surface area (Å²) in [5.74, 6) is -3.16. The van der Waals surface area contributed by atoms with E-state index in [1.165, 1.54) is 4.90 Å². The van der Waals surface area contributed by atoms with Crippen LogP contribution >= 0.6 is 11.6 Å². The molecule has 5 rings (SSSR count). The summed E-state index contributed by atoms with van der Waals surface area (Å²) in [6, 6.07) is 14.0. The first-order valence-electron chi connectivity index (χ1n) is 12.2. The van der Waals surface area contributed by atoms with Crippen molar-refractivity contribution in [3.05, 3.63) is 65.2 Å². The van der Waals surface area contributed by atoms with Crippen molar-refractivity contribution in [1.29, 1.82) is 0 Å². The number of benzene rings is 2. The third-order valence-corrected chi connectivity index (χ3v) is 8.16. The molecule has 2 N–H and O–H groups in total. The SMILES string of the molecule is CCOC(=O)[C@@H]1[C@H]2C(=O)N([C@H](CO)c3ccccc3)C(C(=O)Nc3ccccc3Cl)C23CC[C@@]1(C)O3. The number of carbonyl (C=O) groups excluding carboxylic acids is 3. The molecular weight excluding hydrogens is 484 g/mol. The van der Waals surface area contributed by atoms with Crippen LogP contribution < -0.4 is 5.32 Å². The summed E-state index contributed by atoms with van der Waals surface area (Å²) in [5.41, 5.74) is -1.09. The van der Waals surface area contributed by atoms with E-state index in [9.17, 15) is 19.5 Å². The first-order valence-corrected chi connectivity index (χ1v) is 12.6. The minimum Gasteiger partial charge on any atom is -0.466 e. The number of hydrogen-bond acceptors (Lipinski definition) is 6. The lowest BCUT2D eigenvalue weighted by atomic mass is 9.66. The highest BCUT2D eigenvalue weighted by atomic mass is 35.5. The molecule has 0 saturated carbocycles. The quantitative estimate of drug-likeness (QED) is 0.551. The minimum absolute atomic E-state index is 0.169. The van der Waals surface area contributed by atoms with E-state index in [1.807, 2.05) is 13.0 Å². The number of anilines is 1. The highest BCUT2D eigenvalue weighted by molar-refractivity contribution is 6.33. The van der Waals surface area contributed by atoms with Gasteiger partial charge in [-0.3, -0.25) is 14.4 Å². The van der Waals surface area contributed by atoms with Crippen LogP contribution in [0.5, 0.6) is 0 Å². The van der Waals surface area contributed by atoms with E-state index in [-0.39, 0.29) is 6.61 Å². The van der Waals surface area contributed by atoms with Crippen molar-refractivity contribution in [2.24, 2.45) is 11.8 Å². The fourth-order valence-electron chi connectivity index (χ4n) is 6.38. The standard InChI is InChI=1S/C27H29ClN2O6/c1-3-35-25(34)21-20-24(33)30(19(15-31)16-9-5-4-6-10-16)22(27(20)14-13-26(21,2)36-27)23(32)29-18-12-8-7-11-17(18)28/h4-12,19-22,31H,3,13-15H2,1-2H3,(H,29,32)/t19-,20+,21+,22?,26-,27?/m1/s1. The molecule has 3 aliphatic heterocycles. The molecule has 9 heteroatoms. The number of aliphatic hydroxyl groups is 1. The van der Waals surface area contributed by atoms with E-state index in [0.717, 1.165) is 0 Å². The van der Waals surface area contributed by atoms with Crippen molar-refractivity contribution in [2.45, 2.75) is 50.0 Å². The molecular formula is C27H29ClN2O6. The van der Waals surface area contributed by atoms with E-state index in [2.05, 4.69) is 5.32 Å². The van der Waals surface area contributed by atoms with E-state index in [0.29, 0.717) is 29.1 Å². The Balaban J connectivity index is 1.62. The summed E-state index contributed by atoms with van der Waals surface area (Å²) in [5, 5.41) is 13.7. The molecule has 6 atom stereocenters. The molecule has 3 aliphatic rings. The molecule has 190 valence electrons. The first-order chi connectivity index (χ1) is 17.3. The van der Waals surface area contributed by atoms with Gasteiger partial charge in [0.1, 0.15) is 17.6 Å². The highest BCUT2D eigenvalue weighted by Gasteiger charge is 2.78. The lowest BCUT2D eigenvalue weighted by Crippen LogP contribution is -2.54. The maximum atomic E-state index is 14.2. The van der Waals surface area contributed by atoms with Crippen LogP contribution in [0.3, 0.4) is 0 Å². The monoisotopic (exact) mass is 512 g/mol. The fraction of sp³-hybridized carbons (Fsp3) is 0.444. The number of nitrogens with zero attached hydrogens (tertiary/aromatic N) is 1. The Kier molecular flexibility index (Phi) is 6.31. The average molecular weight is 513 g/mol.